The fourth-order valence-electron chi connectivity index (χ4n) is 2.12. The molecule has 0 aliphatic heterocycles. The number of aryl methyl sites for hydroxylation is 1. The Labute approximate surface area is 125 Å². The Morgan fingerprint density at radius 2 is 1.90 bits per heavy atom. The third-order valence-corrected chi connectivity index (χ3v) is 3.52. The molecule has 2 aromatic carbocycles. The van der Waals surface area contributed by atoms with Crippen molar-refractivity contribution in [2.24, 2.45) is 7.05 Å². The molecule has 0 fully saturated rings. The summed E-state index contributed by atoms with van der Waals surface area (Å²) in [6.45, 7) is 0. The summed E-state index contributed by atoms with van der Waals surface area (Å²) < 4.78 is 1.51. The van der Waals surface area contributed by atoms with E-state index in [4.69, 9.17) is 11.6 Å². The molecule has 0 atom stereocenters. The molecule has 2 N–H and O–H groups in total. The van der Waals surface area contributed by atoms with Crippen LogP contribution in [-0.2, 0) is 7.05 Å². The summed E-state index contributed by atoms with van der Waals surface area (Å²) in [6, 6.07) is 11.9. The smallest absolute Gasteiger partial charge is 0.322 e. The van der Waals surface area contributed by atoms with Crippen molar-refractivity contribution in [2.75, 3.05) is 5.32 Å². The molecular formula is C15H12ClN3O2. The summed E-state index contributed by atoms with van der Waals surface area (Å²) in [6.07, 6.45) is 0. The number of anilines is 1. The number of hydrogen-bond acceptors (Lipinski definition) is 2. The Kier molecular flexibility index (Phi) is 3.27. The molecule has 1 aromatic heterocycles. The van der Waals surface area contributed by atoms with Gasteiger partial charge in [-0.2, -0.15) is 0 Å². The minimum absolute atomic E-state index is 0.189. The first-order chi connectivity index (χ1) is 10.0. The van der Waals surface area contributed by atoms with Gasteiger partial charge in [0.15, 0.2) is 0 Å². The Morgan fingerprint density at radius 1 is 1.19 bits per heavy atom. The van der Waals surface area contributed by atoms with E-state index in [-0.39, 0.29) is 11.6 Å². The SMILES string of the molecule is Cn1c(=O)[nH]c2cc(NC(=O)c3ccc(Cl)cc3)ccc21. The molecule has 0 unspecified atom stereocenters. The van der Waals surface area contributed by atoms with E-state index in [2.05, 4.69) is 10.3 Å². The van der Waals surface area contributed by atoms with Gasteiger partial charge >= 0.3 is 5.69 Å². The van der Waals surface area contributed by atoms with Gasteiger partial charge in [-0.05, 0) is 42.5 Å². The third kappa shape index (κ3) is 2.55. The topological polar surface area (TPSA) is 66.9 Å². The highest BCUT2D eigenvalue weighted by Crippen LogP contribution is 2.17. The zero-order valence-electron chi connectivity index (χ0n) is 11.2. The predicted octanol–water partition coefficient (Wildman–Crippen LogP) is 2.77. The normalized spacial score (nSPS) is 10.8. The number of halogens is 1. The minimum atomic E-state index is -0.232. The average Bonchev–Trinajstić information content (AvgIpc) is 2.74. The first-order valence-corrected chi connectivity index (χ1v) is 6.68. The van der Waals surface area contributed by atoms with E-state index in [1.54, 1.807) is 49.5 Å². The Morgan fingerprint density at radius 3 is 2.62 bits per heavy atom. The Hall–Kier alpha value is -2.53. The second-order valence-corrected chi connectivity index (χ2v) is 5.12. The summed E-state index contributed by atoms with van der Waals surface area (Å²) >= 11 is 5.79. The largest absolute Gasteiger partial charge is 0.326 e. The van der Waals surface area contributed by atoms with E-state index in [0.29, 0.717) is 21.8 Å². The van der Waals surface area contributed by atoms with Crippen molar-refractivity contribution in [1.29, 1.82) is 0 Å². The zero-order chi connectivity index (χ0) is 15.0. The van der Waals surface area contributed by atoms with Gasteiger partial charge in [0, 0.05) is 23.3 Å². The lowest BCUT2D eigenvalue weighted by atomic mass is 10.2. The number of hydrogen-bond donors (Lipinski definition) is 2. The molecule has 21 heavy (non-hydrogen) atoms. The van der Waals surface area contributed by atoms with Crippen LogP contribution in [0.3, 0.4) is 0 Å². The number of amides is 1. The van der Waals surface area contributed by atoms with Crippen LogP contribution in [0.5, 0.6) is 0 Å². The van der Waals surface area contributed by atoms with Crippen LogP contribution in [0.15, 0.2) is 47.3 Å². The Bertz CT molecular complexity index is 878. The lowest BCUT2D eigenvalue weighted by Gasteiger charge is -2.05. The second-order valence-electron chi connectivity index (χ2n) is 4.68. The highest BCUT2D eigenvalue weighted by atomic mass is 35.5. The van der Waals surface area contributed by atoms with Crippen molar-refractivity contribution in [3.8, 4) is 0 Å². The number of nitrogens with one attached hydrogen (secondary N) is 2. The van der Waals surface area contributed by atoms with Gasteiger partial charge in [-0.1, -0.05) is 11.6 Å². The number of rotatable bonds is 2. The molecule has 3 rings (SSSR count). The van der Waals surface area contributed by atoms with Crippen LogP contribution >= 0.6 is 11.6 Å². The van der Waals surface area contributed by atoms with E-state index in [0.717, 1.165) is 5.52 Å². The van der Waals surface area contributed by atoms with Gasteiger partial charge in [-0.25, -0.2) is 4.79 Å². The lowest BCUT2D eigenvalue weighted by Crippen LogP contribution is -2.11. The number of fused-ring (bicyclic) bond motifs is 1. The van der Waals surface area contributed by atoms with E-state index in [1.807, 2.05) is 0 Å². The third-order valence-electron chi connectivity index (χ3n) is 3.27. The maximum atomic E-state index is 12.1. The molecule has 6 heteroatoms. The standard InChI is InChI=1S/C15H12ClN3O2/c1-19-13-7-6-11(8-12(13)18-15(19)21)17-14(20)9-2-4-10(16)5-3-9/h2-8H,1H3,(H,17,20)(H,18,21). The number of H-pyrrole nitrogens is 1. The van der Waals surface area contributed by atoms with E-state index < -0.39 is 0 Å². The summed E-state index contributed by atoms with van der Waals surface area (Å²) in [5.74, 6) is -0.232. The van der Waals surface area contributed by atoms with Crippen molar-refractivity contribution in [3.05, 3.63) is 63.5 Å². The van der Waals surface area contributed by atoms with Gasteiger partial charge in [-0.3, -0.25) is 9.36 Å². The number of nitrogens with zero attached hydrogens (tertiary/aromatic N) is 1. The van der Waals surface area contributed by atoms with Crippen LogP contribution in [0.2, 0.25) is 5.02 Å². The summed E-state index contributed by atoms with van der Waals surface area (Å²) in [5.41, 5.74) is 2.40. The van der Waals surface area contributed by atoms with Gasteiger partial charge in [0.05, 0.1) is 11.0 Å². The van der Waals surface area contributed by atoms with Gasteiger partial charge < -0.3 is 10.3 Å². The average molecular weight is 302 g/mol. The van der Waals surface area contributed by atoms with Crippen molar-refractivity contribution in [2.45, 2.75) is 0 Å². The lowest BCUT2D eigenvalue weighted by molar-refractivity contribution is 0.102. The predicted molar refractivity (Wildman–Crippen MR) is 82.9 cm³/mol. The molecule has 0 aliphatic carbocycles. The molecule has 1 amide bonds. The van der Waals surface area contributed by atoms with Gasteiger partial charge in [0.2, 0.25) is 0 Å². The van der Waals surface area contributed by atoms with Crippen LogP contribution in [-0.4, -0.2) is 15.5 Å². The first kappa shape index (κ1) is 13.5. The van der Waals surface area contributed by atoms with Crippen molar-refractivity contribution >= 4 is 34.2 Å². The number of aromatic amines is 1. The maximum Gasteiger partial charge on any atom is 0.326 e. The molecule has 0 saturated heterocycles. The fraction of sp³-hybridized carbons (Fsp3) is 0.0667. The highest BCUT2D eigenvalue weighted by molar-refractivity contribution is 6.30. The maximum absolute atomic E-state index is 12.1. The molecular weight excluding hydrogens is 290 g/mol. The Balaban J connectivity index is 1.89. The van der Waals surface area contributed by atoms with Gasteiger partial charge in [0.1, 0.15) is 0 Å². The molecule has 0 spiro atoms. The van der Waals surface area contributed by atoms with Crippen LogP contribution in [0.4, 0.5) is 5.69 Å². The summed E-state index contributed by atoms with van der Waals surface area (Å²) in [5, 5.41) is 3.36. The number of imidazole rings is 1. The van der Waals surface area contributed by atoms with Gasteiger partial charge in [0.25, 0.3) is 5.91 Å². The molecule has 0 saturated carbocycles. The molecule has 3 aromatic rings. The zero-order valence-corrected chi connectivity index (χ0v) is 11.9. The minimum Gasteiger partial charge on any atom is -0.322 e. The molecule has 106 valence electrons. The monoisotopic (exact) mass is 301 g/mol. The number of aromatic nitrogens is 2. The molecule has 0 aliphatic rings. The van der Waals surface area contributed by atoms with Crippen LogP contribution in [0, 0.1) is 0 Å². The van der Waals surface area contributed by atoms with Gasteiger partial charge in [-0.15, -0.1) is 0 Å². The number of carbonyl (C=O) groups is 1. The quantitative estimate of drug-likeness (QED) is 0.764. The first-order valence-electron chi connectivity index (χ1n) is 6.30. The van der Waals surface area contributed by atoms with Crippen molar-refractivity contribution < 1.29 is 4.79 Å². The molecule has 5 nitrogen and oxygen atoms in total. The highest BCUT2D eigenvalue weighted by Gasteiger charge is 2.08. The fourth-order valence-corrected chi connectivity index (χ4v) is 2.25. The van der Waals surface area contributed by atoms with Crippen LogP contribution in [0.1, 0.15) is 10.4 Å². The number of benzene rings is 2. The van der Waals surface area contributed by atoms with E-state index in [9.17, 15) is 9.59 Å². The molecule has 1 heterocycles. The molecule has 0 radical (unpaired) electrons. The summed E-state index contributed by atoms with van der Waals surface area (Å²) in [7, 11) is 1.69. The van der Waals surface area contributed by atoms with E-state index in [1.165, 1.54) is 4.57 Å². The van der Waals surface area contributed by atoms with E-state index >= 15 is 0 Å². The van der Waals surface area contributed by atoms with Crippen LogP contribution in [0.25, 0.3) is 11.0 Å². The second kappa shape index (κ2) is 5.10. The van der Waals surface area contributed by atoms with Crippen LogP contribution < -0.4 is 11.0 Å². The summed E-state index contributed by atoms with van der Waals surface area (Å²) in [4.78, 5) is 26.4. The van der Waals surface area contributed by atoms with Crippen molar-refractivity contribution in [3.63, 3.8) is 0 Å². The number of carbonyl (C=O) groups excluding carboxylic acids is 1. The van der Waals surface area contributed by atoms with Crippen molar-refractivity contribution in [1.82, 2.24) is 9.55 Å². The molecule has 0 bridgehead atoms.